The standard InChI is InChI=1S/C17H27N5O6/c1-17(2,3)28-16(26)20-7-6-10(8-20)13(23)18-19-14(24)12-5-4-11-9-21(12)15(25)22(11)27/h10-12,27H,4-9H2,1-3H3,(H,18,23)(H,19,24)/t10?,11-,12+/m1/s1. The molecule has 3 N–H and O–H groups in total. The zero-order chi connectivity index (χ0) is 20.6. The van der Waals surface area contributed by atoms with Crippen LogP contribution < -0.4 is 10.9 Å². The molecule has 0 radical (unpaired) electrons. The van der Waals surface area contributed by atoms with E-state index >= 15 is 0 Å². The highest BCUT2D eigenvalue weighted by molar-refractivity contribution is 5.90. The van der Waals surface area contributed by atoms with Gasteiger partial charge in [0.25, 0.3) is 5.91 Å². The molecule has 0 aliphatic carbocycles. The summed E-state index contributed by atoms with van der Waals surface area (Å²) in [5.41, 5.74) is 4.14. The Hall–Kier alpha value is -2.56. The van der Waals surface area contributed by atoms with Crippen LogP contribution in [0, 0.1) is 5.92 Å². The first kappa shape index (κ1) is 20.2. The van der Waals surface area contributed by atoms with Gasteiger partial charge in [-0.15, -0.1) is 0 Å². The molecule has 2 bridgehead atoms. The lowest BCUT2D eigenvalue weighted by Gasteiger charge is -2.29. The van der Waals surface area contributed by atoms with Crippen LogP contribution in [0.3, 0.4) is 0 Å². The maximum Gasteiger partial charge on any atom is 0.410 e. The molecule has 3 fully saturated rings. The van der Waals surface area contributed by atoms with Crippen LogP contribution in [0.2, 0.25) is 0 Å². The zero-order valence-corrected chi connectivity index (χ0v) is 16.3. The quantitative estimate of drug-likeness (QED) is 0.446. The molecule has 0 spiro atoms. The van der Waals surface area contributed by atoms with Gasteiger partial charge in [-0.1, -0.05) is 0 Å². The third-order valence-corrected chi connectivity index (χ3v) is 5.17. The Morgan fingerprint density at radius 1 is 1.07 bits per heavy atom. The van der Waals surface area contributed by atoms with Crippen molar-refractivity contribution in [2.24, 2.45) is 5.92 Å². The molecule has 1 unspecified atom stereocenters. The van der Waals surface area contributed by atoms with Gasteiger partial charge in [-0.25, -0.2) is 14.7 Å². The van der Waals surface area contributed by atoms with E-state index in [1.165, 1.54) is 9.80 Å². The highest BCUT2D eigenvalue weighted by atomic mass is 16.6. The molecule has 0 aromatic rings. The van der Waals surface area contributed by atoms with Crippen LogP contribution in [0.15, 0.2) is 0 Å². The average molecular weight is 397 g/mol. The fourth-order valence-electron chi connectivity index (χ4n) is 3.70. The van der Waals surface area contributed by atoms with E-state index in [1.807, 2.05) is 0 Å². The van der Waals surface area contributed by atoms with Crippen molar-refractivity contribution in [2.45, 2.75) is 57.7 Å². The number of rotatable bonds is 2. The molecule has 156 valence electrons. The molecule has 0 aromatic heterocycles. The molecular formula is C17H27N5O6. The molecule has 3 rings (SSSR count). The summed E-state index contributed by atoms with van der Waals surface area (Å²) in [6, 6.07) is -1.62. The second-order valence-corrected chi connectivity index (χ2v) is 8.42. The second kappa shape index (κ2) is 7.46. The molecule has 3 atom stereocenters. The van der Waals surface area contributed by atoms with Gasteiger partial charge >= 0.3 is 12.1 Å². The third kappa shape index (κ3) is 4.13. The topological polar surface area (TPSA) is 132 Å². The number of nitrogens with zero attached hydrogens (tertiary/aromatic N) is 3. The van der Waals surface area contributed by atoms with Gasteiger partial charge in [0, 0.05) is 19.6 Å². The number of ether oxygens (including phenoxy) is 1. The largest absolute Gasteiger partial charge is 0.444 e. The van der Waals surface area contributed by atoms with E-state index in [2.05, 4.69) is 10.9 Å². The number of urea groups is 1. The van der Waals surface area contributed by atoms with Gasteiger partial charge in [-0.3, -0.25) is 25.6 Å². The molecule has 3 saturated heterocycles. The molecule has 0 saturated carbocycles. The van der Waals surface area contributed by atoms with Crippen LogP contribution in [0.5, 0.6) is 0 Å². The molecule has 5 amide bonds. The Labute approximate surface area is 162 Å². The van der Waals surface area contributed by atoms with Crippen molar-refractivity contribution >= 4 is 23.9 Å². The van der Waals surface area contributed by atoms with E-state index in [4.69, 9.17) is 4.74 Å². The Morgan fingerprint density at radius 2 is 1.75 bits per heavy atom. The van der Waals surface area contributed by atoms with Crippen molar-refractivity contribution in [3.8, 4) is 0 Å². The van der Waals surface area contributed by atoms with Gasteiger partial charge in [0.2, 0.25) is 5.91 Å². The minimum absolute atomic E-state index is 0.214. The second-order valence-electron chi connectivity index (χ2n) is 8.42. The molecular weight excluding hydrogens is 370 g/mol. The number of piperidine rings is 1. The number of hydroxylamine groups is 2. The summed E-state index contributed by atoms with van der Waals surface area (Å²) < 4.78 is 5.30. The first-order valence-corrected chi connectivity index (χ1v) is 9.43. The summed E-state index contributed by atoms with van der Waals surface area (Å²) in [4.78, 5) is 51.5. The van der Waals surface area contributed by atoms with Gasteiger partial charge in [-0.05, 0) is 40.0 Å². The van der Waals surface area contributed by atoms with Crippen LogP contribution in [0.1, 0.15) is 40.0 Å². The van der Waals surface area contributed by atoms with E-state index in [1.54, 1.807) is 20.8 Å². The summed E-state index contributed by atoms with van der Waals surface area (Å²) in [6.45, 7) is 6.22. The van der Waals surface area contributed by atoms with E-state index < -0.39 is 41.5 Å². The van der Waals surface area contributed by atoms with E-state index in [9.17, 15) is 24.4 Å². The van der Waals surface area contributed by atoms with Gasteiger partial charge in [0.15, 0.2) is 0 Å². The van der Waals surface area contributed by atoms with Crippen molar-refractivity contribution < 1.29 is 29.1 Å². The molecule has 28 heavy (non-hydrogen) atoms. The Balaban J connectivity index is 1.46. The highest BCUT2D eigenvalue weighted by Crippen LogP contribution is 2.28. The summed E-state index contributed by atoms with van der Waals surface area (Å²) in [5, 5.41) is 10.3. The zero-order valence-electron chi connectivity index (χ0n) is 16.3. The fourth-order valence-corrected chi connectivity index (χ4v) is 3.70. The van der Waals surface area contributed by atoms with E-state index in [-0.39, 0.29) is 19.1 Å². The molecule has 3 aliphatic rings. The number of carbonyl (C=O) groups excluding carboxylic acids is 4. The van der Waals surface area contributed by atoms with Crippen LogP contribution in [0.25, 0.3) is 0 Å². The maximum absolute atomic E-state index is 12.4. The number of carbonyl (C=O) groups is 4. The summed E-state index contributed by atoms with van der Waals surface area (Å²) in [6.07, 6.45) is 0.920. The Morgan fingerprint density at radius 3 is 2.43 bits per heavy atom. The van der Waals surface area contributed by atoms with Crippen LogP contribution in [-0.2, 0) is 14.3 Å². The fraction of sp³-hybridized carbons (Fsp3) is 0.765. The van der Waals surface area contributed by atoms with Crippen LogP contribution >= 0.6 is 0 Å². The summed E-state index contributed by atoms with van der Waals surface area (Å²) in [5.74, 6) is -1.35. The van der Waals surface area contributed by atoms with Gasteiger partial charge in [0.05, 0.1) is 12.0 Å². The van der Waals surface area contributed by atoms with Crippen molar-refractivity contribution in [2.75, 3.05) is 19.6 Å². The third-order valence-electron chi connectivity index (χ3n) is 5.17. The predicted octanol–water partition coefficient (Wildman–Crippen LogP) is 0.0486. The lowest BCUT2D eigenvalue weighted by atomic mass is 10.0. The minimum Gasteiger partial charge on any atom is -0.444 e. The summed E-state index contributed by atoms with van der Waals surface area (Å²) in [7, 11) is 0. The SMILES string of the molecule is CC(C)(C)OC(=O)N1CCC(C(=O)NNC(=O)[C@@H]2CC[C@@H]3CN2C(=O)N3O)C1. The van der Waals surface area contributed by atoms with E-state index in [0.717, 1.165) is 0 Å². The van der Waals surface area contributed by atoms with Gasteiger partial charge < -0.3 is 14.5 Å². The first-order valence-electron chi connectivity index (χ1n) is 9.43. The number of hydrazine groups is 1. The van der Waals surface area contributed by atoms with Gasteiger partial charge in [-0.2, -0.15) is 0 Å². The van der Waals surface area contributed by atoms with Crippen molar-refractivity contribution in [3.63, 3.8) is 0 Å². The molecule has 11 heteroatoms. The van der Waals surface area contributed by atoms with Crippen molar-refractivity contribution in [3.05, 3.63) is 0 Å². The molecule has 11 nitrogen and oxygen atoms in total. The Bertz CT molecular complexity index is 677. The maximum atomic E-state index is 12.4. The highest BCUT2D eigenvalue weighted by Gasteiger charge is 2.47. The smallest absolute Gasteiger partial charge is 0.410 e. The van der Waals surface area contributed by atoms with Crippen LogP contribution in [-0.4, -0.2) is 81.3 Å². The normalized spacial score (nSPS) is 27.1. The number of hydrogen-bond donors (Lipinski definition) is 3. The molecule has 3 aliphatic heterocycles. The lowest BCUT2D eigenvalue weighted by molar-refractivity contribution is -0.133. The number of fused-ring (bicyclic) bond motifs is 2. The van der Waals surface area contributed by atoms with Crippen molar-refractivity contribution in [1.82, 2.24) is 25.7 Å². The predicted molar refractivity (Wildman–Crippen MR) is 94.7 cm³/mol. The van der Waals surface area contributed by atoms with E-state index in [0.29, 0.717) is 30.9 Å². The minimum atomic E-state index is -0.733. The number of nitrogens with one attached hydrogen (secondary N) is 2. The first-order chi connectivity index (χ1) is 13.1. The average Bonchev–Trinajstić information content (AvgIpc) is 3.19. The Kier molecular flexibility index (Phi) is 5.37. The molecule has 0 aromatic carbocycles. The summed E-state index contributed by atoms with van der Waals surface area (Å²) >= 11 is 0. The monoisotopic (exact) mass is 397 g/mol. The number of likely N-dealkylation sites (tertiary alicyclic amines) is 1. The van der Waals surface area contributed by atoms with Crippen LogP contribution in [0.4, 0.5) is 9.59 Å². The lowest BCUT2D eigenvalue weighted by Crippen LogP contribution is -2.55. The molecule has 3 heterocycles. The number of hydrogen-bond acceptors (Lipinski definition) is 6. The van der Waals surface area contributed by atoms with Crippen molar-refractivity contribution in [1.29, 1.82) is 0 Å². The number of amides is 5. The van der Waals surface area contributed by atoms with Gasteiger partial charge in [0.1, 0.15) is 11.6 Å².